The number of nitrogens with zero attached hydrogens (tertiary/aromatic N) is 4. The van der Waals surface area contributed by atoms with Crippen LogP contribution >= 0.6 is 0 Å². The fourth-order valence-electron chi connectivity index (χ4n) is 9.95. The fraction of sp³-hybridized carbons (Fsp3) is 0.583. The Bertz CT molecular complexity index is 2110. The van der Waals surface area contributed by atoms with Gasteiger partial charge in [-0.3, -0.25) is 19.2 Å². The van der Waals surface area contributed by atoms with Gasteiger partial charge in [0.15, 0.2) is 0 Å². The van der Waals surface area contributed by atoms with Crippen molar-refractivity contribution in [3.63, 3.8) is 0 Å². The van der Waals surface area contributed by atoms with Crippen LogP contribution in [0.15, 0.2) is 36.4 Å². The number of amides is 4. The zero-order valence-corrected chi connectivity index (χ0v) is 35.8. The number of likely N-dealkylation sites (tertiary alicyclic amines) is 2. The predicted octanol–water partition coefficient (Wildman–Crippen LogP) is 7.61. The van der Waals surface area contributed by atoms with Gasteiger partial charge in [0.1, 0.15) is 23.7 Å². The summed E-state index contributed by atoms with van der Waals surface area (Å²) in [5.74, 6) is 8.04. The summed E-state index contributed by atoms with van der Waals surface area (Å²) in [5, 5.41) is 6.28. The van der Waals surface area contributed by atoms with E-state index in [-0.39, 0.29) is 59.4 Å². The molecular weight excluding hydrogens is 753 g/mol. The van der Waals surface area contributed by atoms with Crippen molar-refractivity contribution in [2.24, 2.45) is 23.7 Å². The van der Waals surface area contributed by atoms with Crippen LogP contribution in [0.2, 0.25) is 0 Å². The molecule has 4 aromatic rings. The lowest BCUT2D eigenvalue weighted by Gasteiger charge is -2.31. The van der Waals surface area contributed by atoms with Gasteiger partial charge in [0.25, 0.3) is 0 Å². The van der Waals surface area contributed by atoms with E-state index in [1.54, 1.807) is 0 Å². The molecule has 4 N–H and O–H groups in total. The number of aromatic nitrogens is 4. The Labute approximate surface area is 353 Å². The molecule has 2 aliphatic heterocycles. The van der Waals surface area contributed by atoms with Crippen molar-refractivity contribution < 1.29 is 19.2 Å². The summed E-state index contributed by atoms with van der Waals surface area (Å²) < 4.78 is 0. The Balaban J connectivity index is 0.939. The second-order valence-electron chi connectivity index (χ2n) is 18.5. The number of H-pyrrole nitrogens is 2. The van der Waals surface area contributed by atoms with Gasteiger partial charge in [0.05, 0.1) is 34.2 Å². The molecule has 0 radical (unpaired) electrons. The zero-order valence-electron chi connectivity index (χ0n) is 35.8. The Morgan fingerprint density at radius 3 is 1.37 bits per heavy atom. The highest BCUT2D eigenvalue weighted by Gasteiger charge is 2.40. The Kier molecular flexibility index (Phi) is 12.6. The molecule has 2 unspecified atom stereocenters. The van der Waals surface area contributed by atoms with Crippen molar-refractivity contribution in [2.45, 2.75) is 142 Å². The molecule has 4 aliphatic rings. The van der Waals surface area contributed by atoms with Crippen LogP contribution in [0, 0.1) is 35.5 Å². The third kappa shape index (κ3) is 8.96. The minimum absolute atomic E-state index is 0.00124. The summed E-state index contributed by atoms with van der Waals surface area (Å²) in [6, 6.07) is 10.4. The molecule has 4 heterocycles. The van der Waals surface area contributed by atoms with Gasteiger partial charge in [-0.15, -0.1) is 0 Å². The van der Waals surface area contributed by atoms with Crippen LogP contribution in [0.4, 0.5) is 0 Å². The highest BCUT2D eigenvalue weighted by molar-refractivity contribution is 5.90. The molecule has 8 rings (SSSR count). The van der Waals surface area contributed by atoms with Gasteiger partial charge < -0.3 is 30.4 Å². The SMILES string of the molecule is CC(C)C(NC(=O)C1CCCCC1)C(=O)N1CCC[C@H]1c1nc2cc(C#Cc3ccc4[nH]c([C@@H]5CCCN5C(=O)C(NC(=O)C5CCCCC5)C(C)C)nc4c3)ccc2[nH]1. The molecule has 2 aliphatic carbocycles. The lowest BCUT2D eigenvalue weighted by molar-refractivity contribution is -0.140. The van der Waals surface area contributed by atoms with Crippen molar-refractivity contribution in [3.05, 3.63) is 59.2 Å². The van der Waals surface area contributed by atoms with Crippen LogP contribution in [0.3, 0.4) is 0 Å². The quantitative estimate of drug-likeness (QED) is 0.121. The molecule has 0 spiro atoms. The number of fused-ring (bicyclic) bond motifs is 2. The number of nitrogens with one attached hydrogen (secondary N) is 4. The Hall–Kier alpha value is -5.18. The summed E-state index contributed by atoms with van der Waals surface area (Å²) in [6.07, 6.45) is 13.6. The van der Waals surface area contributed by atoms with Crippen molar-refractivity contribution in [1.29, 1.82) is 0 Å². The first kappa shape index (κ1) is 41.5. The number of imidazole rings is 2. The minimum atomic E-state index is -0.561. The second-order valence-corrected chi connectivity index (χ2v) is 18.5. The topological polar surface area (TPSA) is 156 Å². The van der Waals surface area contributed by atoms with Crippen LogP contribution in [0.25, 0.3) is 22.1 Å². The molecule has 318 valence electrons. The molecule has 60 heavy (non-hydrogen) atoms. The van der Waals surface area contributed by atoms with E-state index in [0.29, 0.717) is 13.1 Å². The molecule has 4 amide bonds. The molecule has 12 nitrogen and oxygen atoms in total. The van der Waals surface area contributed by atoms with Crippen LogP contribution < -0.4 is 10.6 Å². The highest BCUT2D eigenvalue weighted by atomic mass is 16.2. The Morgan fingerprint density at radius 1 is 0.583 bits per heavy atom. The molecule has 12 heteroatoms. The van der Waals surface area contributed by atoms with Crippen molar-refractivity contribution in [2.75, 3.05) is 13.1 Å². The van der Waals surface area contributed by atoms with Gasteiger partial charge in [0.2, 0.25) is 23.6 Å². The summed E-state index contributed by atoms with van der Waals surface area (Å²) in [5.41, 5.74) is 5.00. The highest BCUT2D eigenvalue weighted by Crippen LogP contribution is 2.35. The second kappa shape index (κ2) is 18.2. The van der Waals surface area contributed by atoms with Crippen LogP contribution in [0.5, 0.6) is 0 Å². The van der Waals surface area contributed by atoms with E-state index in [4.69, 9.17) is 9.97 Å². The van der Waals surface area contributed by atoms with Gasteiger partial charge in [0, 0.05) is 36.1 Å². The first-order valence-corrected chi connectivity index (χ1v) is 22.8. The number of hydrogen-bond donors (Lipinski definition) is 4. The molecule has 2 saturated heterocycles. The average molecular weight is 815 g/mol. The average Bonchev–Trinajstić information content (AvgIpc) is 4.09. The molecule has 0 bridgehead atoms. The molecule has 2 aromatic heterocycles. The van der Waals surface area contributed by atoms with E-state index in [9.17, 15) is 19.2 Å². The van der Waals surface area contributed by atoms with Crippen molar-refractivity contribution >= 4 is 45.7 Å². The van der Waals surface area contributed by atoms with E-state index in [0.717, 1.165) is 122 Å². The number of aromatic amines is 2. The van der Waals surface area contributed by atoms with E-state index < -0.39 is 12.1 Å². The third-order valence-electron chi connectivity index (χ3n) is 13.5. The number of carbonyl (C=O) groups excluding carboxylic acids is 4. The number of rotatable bonds is 10. The van der Waals surface area contributed by atoms with E-state index in [2.05, 4.69) is 32.4 Å². The lowest BCUT2D eigenvalue weighted by Crippen LogP contribution is -2.52. The minimum Gasteiger partial charge on any atom is -0.344 e. The number of hydrogen-bond acceptors (Lipinski definition) is 6. The summed E-state index contributed by atoms with van der Waals surface area (Å²) in [6.45, 7) is 9.28. The van der Waals surface area contributed by atoms with E-state index in [1.807, 2.05) is 73.9 Å². The van der Waals surface area contributed by atoms with Crippen molar-refractivity contribution in [1.82, 2.24) is 40.4 Å². The predicted molar refractivity (Wildman–Crippen MR) is 232 cm³/mol. The molecular formula is C48H62N8O4. The van der Waals surface area contributed by atoms with Gasteiger partial charge in [-0.1, -0.05) is 78.1 Å². The first-order valence-electron chi connectivity index (χ1n) is 22.8. The largest absolute Gasteiger partial charge is 0.344 e. The first-order chi connectivity index (χ1) is 29.0. The smallest absolute Gasteiger partial charge is 0.246 e. The van der Waals surface area contributed by atoms with Gasteiger partial charge in [-0.25, -0.2) is 9.97 Å². The maximum Gasteiger partial charge on any atom is 0.246 e. The van der Waals surface area contributed by atoms with Crippen molar-refractivity contribution in [3.8, 4) is 11.8 Å². The van der Waals surface area contributed by atoms with Crippen LogP contribution in [-0.4, -0.2) is 78.5 Å². The van der Waals surface area contributed by atoms with E-state index in [1.165, 1.54) is 12.8 Å². The molecule has 4 atom stereocenters. The summed E-state index contributed by atoms with van der Waals surface area (Å²) in [4.78, 5) is 75.1. The summed E-state index contributed by atoms with van der Waals surface area (Å²) in [7, 11) is 0. The fourth-order valence-corrected chi connectivity index (χ4v) is 9.95. The van der Waals surface area contributed by atoms with Gasteiger partial charge >= 0.3 is 0 Å². The maximum absolute atomic E-state index is 14.0. The number of benzene rings is 2. The monoisotopic (exact) mass is 814 g/mol. The Morgan fingerprint density at radius 2 is 0.983 bits per heavy atom. The van der Waals surface area contributed by atoms with Crippen LogP contribution in [0.1, 0.15) is 152 Å². The molecule has 4 fully saturated rings. The number of carbonyl (C=O) groups is 4. The van der Waals surface area contributed by atoms with Crippen LogP contribution in [-0.2, 0) is 19.2 Å². The van der Waals surface area contributed by atoms with Gasteiger partial charge in [-0.2, -0.15) is 0 Å². The van der Waals surface area contributed by atoms with E-state index >= 15 is 0 Å². The zero-order chi connectivity index (χ0) is 41.9. The van der Waals surface area contributed by atoms with Gasteiger partial charge in [-0.05, 0) is 99.6 Å². The standard InChI is InChI=1S/C48H62N8O4/c1-29(2)41(53-45(57)33-13-7-5-8-14-33)47(59)55-25-11-17-39(55)43-49-35-23-21-31(27-37(35)51-43)19-20-32-22-24-36-38(28-32)52-44(50-36)40-18-12-26-56(40)48(60)42(30(3)4)54-46(58)34-15-9-6-10-16-34/h21-24,27-30,33-34,39-42H,5-18,25-26H2,1-4H3,(H,49,51)(H,50,52)(H,53,57)(H,54,58)/t39-,40-,41?,42?/m0/s1. The lowest BCUT2D eigenvalue weighted by atomic mass is 9.88. The third-order valence-corrected chi connectivity index (χ3v) is 13.5. The maximum atomic E-state index is 14.0. The molecule has 2 saturated carbocycles. The molecule has 2 aromatic carbocycles. The normalized spacial score (nSPS) is 21.4. The summed E-state index contributed by atoms with van der Waals surface area (Å²) >= 11 is 0.